The average molecular weight is 374 g/mol. The Balaban J connectivity index is 1.41. The third kappa shape index (κ3) is 3.76. The van der Waals surface area contributed by atoms with Gasteiger partial charge in [-0.3, -0.25) is 9.79 Å². The van der Waals surface area contributed by atoms with Gasteiger partial charge < -0.3 is 20.0 Å². The van der Waals surface area contributed by atoms with E-state index in [2.05, 4.69) is 44.8 Å². The zero-order chi connectivity index (χ0) is 19.3. The van der Waals surface area contributed by atoms with Gasteiger partial charge in [0.25, 0.3) is 5.91 Å². The lowest BCUT2D eigenvalue weighted by Gasteiger charge is -2.22. The van der Waals surface area contributed by atoms with Crippen LogP contribution in [0.15, 0.2) is 76.3 Å². The Hall–Kier alpha value is -3.54. The Kier molecular flexibility index (Phi) is 5.10. The van der Waals surface area contributed by atoms with Crippen LogP contribution in [0.2, 0.25) is 0 Å². The molecule has 0 bridgehead atoms. The molecule has 6 nitrogen and oxygen atoms in total. The van der Waals surface area contributed by atoms with Gasteiger partial charge in [0.05, 0.1) is 6.26 Å². The number of nitrogens with zero attached hydrogens (tertiary/aromatic N) is 2. The molecule has 0 atom stereocenters. The number of fused-ring (bicyclic) bond motifs is 1. The van der Waals surface area contributed by atoms with Crippen molar-refractivity contribution in [2.24, 2.45) is 4.99 Å². The zero-order valence-electron chi connectivity index (χ0n) is 15.7. The fraction of sp³-hybridized carbons (Fsp3) is 0.182. The largest absolute Gasteiger partial charge is 0.459 e. The molecule has 1 aliphatic rings. The molecule has 142 valence electrons. The highest BCUT2D eigenvalue weighted by Gasteiger charge is 2.22. The van der Waals surface area contributed by atoms with E-state index >= 15 is 0 Å². The van der Waals surface area contributed by atoms with Crippen molar-refractivity contribution in [1.29, 1.82) is 0 Å². The number of rotatable bonds is 4. The summed E-state index contributed by atoms with van der Waals surface area (Å²) in [5, 5.41) is 6.27. The van der Waals surface area contributed by atoms with Crippen LogP contribution in [0.4, 0.5) is 11.4 Å². The third-order valence-electron chi connectivity index (χ3n) is 4.74. The van der Waals surface area contributed by atoms with Crippen LogP contribution in [0, 0.1) is 0 Å². The van der Waals surface area contributed by atoms with Crippen LogP contribution in [-0.4, -0.2) is 25.5 Å². The standard InChI is InChI=1S/C22H22N4O2/c1-23-22(26-12-11-17-7-2-3-9-19(17)26)24-15-16-6-4-8-18(14-16)25-21(27)20-10-5-13-28-20/h2-10,13-14H,11-12,15H2,1H3,(H,23,24)(H,25,27). The second kappa shape index (κ2) is 8.00. The maximum atomic E-state index is 12.1. The van der Waals surface area contributed by atoms with Crippen molar-refractivity contribution in [2.45, 2.75) is 13.0 Å². The number of carbonyl (C=O) groups excluding carboxylic acids is 1. The molecular formula is C22H22N4O2. The van der Waals surface area contributed by atoms with E-state index in [1.807, 2.05) is 24.3 Å². The molecule has 2 heterocycles. The molecule has 6 heteroatoms. The number of aliphatic imine (C=N–C) groups is 1. The second-order valence-electron chi connectivity index (χ2n) is 6.56. The lowest BCUT2D eigenvalue weighted by Crippen LogP contribution is -2.40. The van der Waals surface area contributed by atoms with Crippen LogP contribution in [0.25, 0.3) is 0 Å². The summed E-state index contributed by atoms with van der Waals surface area (Å²) >= 11 is 0. The van der Waals surface area contributed by atoms with Crippen molar-refractivity contribution < 1.29 is 9.21 Å². The molecular weight excluding hydrogens is 352 g/mol. The van der Waals surface area contributed by atoms with Gasteiger partial charge in [-0.15, -0.1) is 0 Å². The summed E-state index contributed by atoms with van der Waals surface area (Å²) in [6.45, 7) is 1.52. The van der Waals surface area contributed by atoms with E-state index in [4.69, 9.17) is 4.42 Å². The molecule has 4 rings (SSSR count). The summed E-state index contributed by atoms with van der Waals surface area (Å²) in [5.41, 5.74) is 4.32. The number of benzene rings is 2. The fourth-order valence-corrected chi connectivity index (χ4v) is 3.39. The number of furan rings is 1. The summed E-state index contributed by atoms with van der Waals surface area (Å²) in [4.78, 5) is 18.8. The zero-order valence-corrected chi connectivity index (χ0v) is 15.7. The van der Waals surface area contributed by atoms with Crippen LogP contribution in [0.1, 0.15) is 21.7 Å². The van der Waals surface area contributed by atoms with Crippen molar-refractivity contribution in [3.63, 3.8) is 0 Å². The van der Waals surface area contributed by atoms with Gasteiger partial charge in [-0.05, 0) is 47.9 Å². The first-order valence-corrected chi connectivity index (χ1v) is 9.24. The van der Waals surface area contributed by atoms with Gasteiger partial charge in [0.15, 0.2) is 11.7 Å². The molecule has 0 spiro atoms. The number of hydrogen-bond acceptors (Lipinski definition) is 3. The highest BCUT2D eigenvalue weighted by molar-refractivity contribution is 6.02. The summed E-state index contributed by atoms with van der Waals surface area (Å²) in [6, 6.07) is 19.5. The maximum Gasteiger partial charge on any atom is 0.291 e. The topological polar surface area (TPSA) is 69.9 Å². The Labute approximate surface area is 163 Å². The van der Waals surface area contributed by atoms with Gasteiger partial charge in [-0.2, -0.15) is 0 Å². The fourth-order valence-electron chi connectivity index (χ4n) is 3.39. The number of anilines is 2. The molecule has 3 aromatic rings. The summed E-state index contributed by atoms with van der Waals surface area (Å²) in [6.07, 6.45) is 2.50. The summed E-state index contributed by atoms with van der Waals surface area (Å²) in [5.74, 6) is 0.867. The molecule has 28 heavy (non-hydrogen) atoms. The van der Waals surface area contributed by atoms with Gasteiger partial charge in [0.2, 0.25) is 0 Å². The quantitative estimate of drug-likeness (QED) is 0.540. The monoisotopic (exact) mass is 374 g/mol. The predicted octanol–water partition coefficient (Wildman–Crippen LogP) is 3.67. The van der Waals surface area contributed by atoms with E-state index in [0.29, 0.717) is 6.54 Å². The van der Waals surface area contributed by atoms with Gasteiger partial charge in [0, 0.05) is 31.5 Å². The highest BCUT2D eigenvalue weighted by atomic mass is 16.3. The van der Waals surface area contributed by atoms with Gasteiger partial charge in [-0.25, -0.2) is 0 Å². The maximum absolute atomic E-state index is 12.1. The smallest absolute Gasteiger partial charge is 0.291 e. The molecule has 1 amide bonds. The molecule has 0 saturated heterocycles. The first kappa shape index (κ1) is 17.9. The lowest BCUT2D eigenvalue weighted by atomic mass is 10.2. The molecule has 0 aliphatic carbocycles. The van der Waals surface area contributed by atoms with Crippen molar-refractivity contribution in [3.05, 3.63) is 83.8 Å². The highest BCUT2D eigenvalue weighted by Crippen LogP contribution is 2.27. The van der Waals surface area contributed by atoms with Crippen molar-refractivity contribution in [3.8, 4) is 0 Å². The Morgan fingerprint density at radius 2 is 2.04 bits per heavy atom. The lowest BCUT2D eigenvalue weighted by molar-refractivity contribution is 0.0996. The van der Waals surface area contributed by atoms with E-state index in [1.165, 1.54) is 17.5 Å². The van der Waals surface area contributed by atoms with Crippen molar-refractivity contribution >= 4 is 23.2 Å². The van der Waals surface area contributed by atoms with Crippen LogP contribution in [0.5, 0.6) is 0 Å². The Bertz CT molecular complexity index is 995. The minimum absolute atomic E-state index is 0.264. The van der Waals surface area contributed by atoms with E-state index in [9.17, 15) is 4.79 Å². The van der Waals surface area contributed by atoms with Crippen molar-refractivity contribution in [2.75, 3.05) is 23.8 Å². The van der Waals surface area contributed by atoms with Crippen LogP contribution in [-0.2, 0) is 13.0 Å². The minimum atomic E-state index is -0.264. The molecule has 1 aliphatic heterocycles. The van der Waals surface area contributed by atoms with Gasteiger partial charge >= 0.3 is 0 Å². The van der Waals surface area contributed by atoms with E-state index in [1.54, 1.807) is 19.2 Å². The molecule has 0 fully saturated rings. The first-order chi connectivity index (χ1) is 13.7. The normalized spacial score (nSPS) is 13.3. The predicted molar refractivity (Wildman–Crippen MR) is 111 cm³/mol. The molecule has 0 radical (unpaired) electrons. The van der Waals surface area contributed by atoms with Gasteiger partial charge in [0.1, 0.15) is 0 Å². The second-order valence-corrected chi connectivity index (χ2v) is 6.56. The van der Waals surface area contributed by atoms with E-state index in [0.717, 1.165) is 30.2 Å². The first-order valence-electron chi connectivity index (χ1n) is 9.24. The van der Waals surface area contributed by atoms with E-state index in [-0.39, 0.29) is 11.7 Å². The van der Waals surface area contributed by atoms with Crippen LogP contribution >= 0.6 is 0 Å². The SMILES string of the molecule is CN=C(NCc1cccc(NC(=O)c2ccco2)c1)N1CCc2ccccc21. The Morgan fingerprint density at radius 3 is 2.86 bits per heavy atom. The number of hydrogen-bond donors (Lipinski definition) is 2. The third-order valence-corrected chi connectivity index (χ3v) is 4.74. The molecule has 2 aromatic carbocycles. The van der Waals surface area contributed by atoms with Gasteiger partial charge in [-0.1, -0.05) is 30.3 Å². The molecule has 0 unspecified atom stereocenters. The number of nitrogens with one attached hydrogen (secondary N) is 2. The molecule has 1 aromatic heterocycles. The summed E-state index contributed by atoms with van der Waals surface area (Å²) in [7, 11) is 1.79. The number of guanidine groups is 1. The van der Waals surface area contributed by atoms with Crippen LogP contribution < -0.4 is 15.5 Å². The minimum Gasteiger partial charge on any atom is -0.459 e. The van der Waals surface area contributed by atoms with E-state index < -0.39 is 0 Å². The number of carbonyl (C=O) groups is 1. The summed E-state index contributed by atoms with van der Waals surface area (Å²) < 4.78 is 5.13. The molecule has 0 saturated carbocycles. The number of amides is 1. The average Bonchev–Trinajstić information content (AvgIpc) is 3.39. The molecule has 2 N–H and O–H groups in total. The number of para-hydroxylation sites is 1. The van der Waals surface area contributed by atoms with Crippen LogP contribution in [0.3, 0.4) is 0 Å². The Morgan fingerprint density at radius 1 is 1.14 bits per heavy atom. The van der Waals surface area contributed by atoms with Crippen molar-refractivity contribution in [1.82, 2.24) is 5.32 Å².